The highest BCUT2D eigenvalue weighted by Gasteiger charge is 2.35. The molecule has 0 radical (unpaired) electrons. The van der Waals surface area contributed by atoms with Crippen LogP contribution in [-0.4, -0.2) is 44.8 Å². The van der Waals surface area contributed by atoms with Gasteiger partial charge in [-0.05, 0) is 37.9 Å². The van der Waals surface area contributed by atoms with E-state index >= 15 is 0 Å². The molecule has 0 aliphatic carbocycles. The molecular weight excluding hydrogens is 286 g/mol. The topological polar surface area (TPSA) is 61.8 Å². The van der Waals surface area contributed by atoms with Crippen molar-refractivity contribution in [2.75, 3.05) is 19.6 Å². The number of fused-ring (bicyclic) bond motifs is 1. The van der Waals surface area contributed by atoms with E-state index in [1.807, 2.05) is 12.1 Å². The molecule has 3 rings (SSSR count). The van der Waals surface area contributed by atoms with Gasteiger partial charge in [0.25, 0.3) is 10.0 Å². The van der Waals surface area contributed by atoms with E-state index in [0.717, 1.165) is 38.0 Å². The first-order valence-electron chi connectivity index (χ1n) is 7.55. The van der Waals surface area contributed by atoms with Gasteiger partial charge in [0, 0.05) is 24.7 Å². The van der Waals surface area contributed by atoms with Crippen molar-refractivity contribution in [2.45, 2.75) is 37.1 Å². The number of amidine groups is 1. The lowest BCUT2D eigenvalue weighted by atomic mass is 10.0. The fourth-order valence-electron chi connectivity index (χ4n) is 3.10. The molecule has 1 N–H and O–H groups in total. The van der Waals surface area contributed by atoms with Gasteiger partial charge in [-0.3, -0.25) is 0 Å². The van der Waals surface area contributed by atoms with Crippen molar-refractivity contribution >= 4 is 15.9 Å². The second-order valence-corrected chi connectivity index (χ2v) is 7.11. The number of nitrogens with one attached hydrogen (secondary N) is 1. The first-order valence-corrected chi connectivity index (χ1v) is 8.99. The predicted molar refractivity (Wildman–Crippen MR) is 83.1 cm³/mol. The highest BCUT2D eigenvalue weighted by atomic mass is 32.2. The van der Waals surface area contributed by atoms with Gasteiger partial charge in [-0.15, -0.1) is 4.40 Å². The van der Waals surface area contributed by atoms with Crippen LogP contribution in [0.25, 0.3) is 0 Å². The largest absolute Gasteiger partial charge is 0.351 e. The Hall–Kier alpha value is -1.40. The molecule has 21 heavy (non-hydrogen) atoms. The normalized spacial score (nSPS) is 23.8. The van der Waals surface area contributed by atoms with Crippen LogP contribution < -0.4 is 5.32 Å². The van der Waals surface area contributed by atoms with Crippen LogP contribution >= 0.6 is 0 Å². The number of likely N-dealkylation sites (tertiary alicyclic amines) is 1. The standard InChI is InChI=1S/C15H21N3O2S/c1-2-16-11-12-7-5-6-10-18(12)15-13-8-3-4-9-14(13)21(19,20)17-15/h3-4,8-9,12,16H,2,5-7,10-11H2,1H3. The monoisotopic (exact) mass is 307 g/mol. The SMILES string of the molecule is CCNCC1CCCCN1C1=NS(=O)(=O)c2ccccc21. The average Bonchev–Trinajstić information content (AvgIpc) is 2.78. The van der Waals surface area contributed by atoms with E-state index in [4.69, 9.17) is 0 Å². The maximum absolute atomic E-state index is 12.2. The predicted octanol–water partition coefficient (Wildman–Crippen LogP) is 1.60. The van der Waals surface area contributed by atoms with E-state index in [0.29, 0.717) is 16.8 Å². The maximum Gasteiger partial charge on any atom is 0.285 e. The fraction of sp³-hybridized carbons (Fsp3) is 0.533. The average molecular weight is 307 g/mol. The highest BCUT2D eigenvalue weighted by Crippen LogP contribution is 2.30. The summed E-state index contributed by atoms with van der Waals surface area (Å²) in [4.78, 5) is 2.52. The summed E-state index contributed by atoms with van der Waals surface area (Å²) in [6.07, 6.45) is 3.35. The van der Waals surface area contributed by atoms with Gasteiger partial charge in [0.2, 0.25) is 0 Å². The minimum absolute atomic E-state index is 0.318. The van der Waals surface area contributed by atoms with Gasteiger partial charge in [-0.25, -0.2) is 0 Å². The zero-order chi connectivity index (χ0) is 14.9. The quantitative estimate of drug-likeness (QED) is 0.921. The molecule has 1 aromatic carbocycles. The van der Waals surface area contributed by atoms with Crippen LogP contribution in [0.2, 0.25) is 0 Å². The second kappa shape index (κ2) is 5.77. The molecule has 0 amide bonds. The molecule has 1 saturated heterocycles. The summed E-state index contributed by atoms with van der Waals surface area (Å²) < 4.78 is 28.5. The van der Waals surface area contributed by atoms with Gasteiger partial charge < -0.3 is 10.2 Å². The Morgan fingerprint density at radius 1 is 1.33 bits per heavy atom. The van der Waals surface area contributed by atoms with Gasteiger partial charge in [0.15, 0.2) is 5.84 Å². The van der Waals surface area contributed by atoms with E-state index < -0.39 is 10.0 Å². The van der Waals surface area contributed by atoms with Gasteiger partial charge in [0.1, 0.15) is 4.90 Å². The van der Waals surface area contributed by atoms with E-state index in [1.54, 1.807) is 12.1 Å². The summed E-state index contributed by atoms with van der Waals surface area (Å²) in [6.45, 7) is 4.75. The van der Waals surface area contributed by atoms with Gasteiger partial charge in [0.05, 0.1) is 0 Å². The van der Waals surface area contributed by atoms with E-state index in [9.17, 15) is 8.42 Å². The number of likely N-dealkylation sites (N-methyl/N-ethyl adjacent to an activating group) is 1. The van der Waals surface area contributed by atoms with Crippen molar-refractivity contribution in [1.29, 1.82) is 0 Å². The molecular formula is C15H21N3O2S. The molecule has 2 aliphatic rings. The molecule has 1 fully saturated rings. The molecule has 1 aromatic rings. The molecule has 5 nitrogen and oxygen atoms in total. The molecule has 2 aliphatic heterocycles. The van der Waals surface area contributed by atoms with Crippen molar-refractivity contribution in [3.05, 3.63) is 29.8 Å². The summed E-state index contributed by atoms with van der Waals surface area (Å²) in [6, 6.07) is 7.44. The van der Waals surface area contributed by atoms with Gasteiger partial charge >= 0.3 is 0 Å². The van der Waals surface area contributed by atoms with Crippen LogP contribution in [0, 0.1) is 0 Å². The van der Waals surface area contributed by atoms with Crippen LogP contribution in [0.1, 0.15) is 31.7 Å². The lowest BCUT2D eigenvalue weighted by molar-refractivity contribution is 0.237. The smallest absolute Gasteiger partial charge is 0.285 e. The first-order chi connectivity index (χ1) is 10.1. The van der Waals surface area contributed by atoms with E-state index in [-0.39, 0.29) is 0 Å². The number of piperidine rings is 1. The van der Waals surface area contributed by atoms with Gasteiger partial charge in [-0.2, -0.15) is 8.42 Å². The third-order valence-electron chi connectivity index (χ3n) is 4.14. The van der Waals surface area contributed by atoms with Crippen LogP contribution in [0.3, 0.4) is 0 Å². The molecule has 114 valence electrons. The zero-order valence-corrected chi connectivity index (χ0v) is 13.1. The lowest BCUT2D eigenvalue weighted by Gasteiger charge is -2.37. The van der Waals surface area contributed by atoms with Crippen molar-refractivity contribution in [1.82, 2.24) is 10.2 Å². The molecule has 0 aromatic heterocycles. The third kappa shape index (κ3) is 2.70. The number of benzene rings is 1. The molecule has 2 heterocycles. The Labute approximate surface area is 126 Å². The second-order valence-electron chi connectivity index (χ2n) is 5.54. The zero-order valence-electron chi connectivity index (χ0n) is 12.2. The van der Waals surface area contributed by atoms with Crippen LogP contribution in [0.4, 0.5) is 0 Å². The Morgan fingerprint density at radius 3 is 2.95 bits per heavy atom. The Morgan fingerprint density at radius 2 is 2.14 bits per heavy atom. The first kappa shape index (κ1) is 14.5. The number of rotatable bonds is 3. The highest BCUT2D eigenvalue weighted by molar-refractivity contribution is 7.90. The van der Waals surface area contributed by atoms with Crippen molar-refractivity contribution in [2.24, 2.45) is 4.40 Å². The molecule has 0 spiro atoms. The Balaban J connectivity index is 1.95. The minimum atomic E-state index is -3.52. The van der Waals surface area contributed by atoms with Gasteiger partial charge in [-0.1, -0.05) is 19.1 Å². The number of hydrogen-bond acceptors (Lipinski definition) is 4. The van der Waals surface area contributed by atoms with Crippen molar-refractivity contribution in [3.8, 4) is 0 Å². The minimum Gasteiger partial charge on any atom is -0.351 e. The summed E-state index contributed by atoms with van der Waals surface area (Å²) in [5.74, 6) is 0.633. The van der Waals surface area contributed by atoms with Crippen LogP contribution in [0.5, 0.6) is 0 Å². The fourth-order valence-corrected chi connectivity index (χ4v) is 4.32. The van der Waals surface area contributed by atoms with Crippen LogP contribution in [0.15, 0.2) is 33.6 Å². The molecule has 0 saturated carbocycles. The van der Waals surface area contributed by atoms with Crippen LogP contribution in [-0.2, 0) is 10.0 Å². The van der Waals surface area contributed by atoms with Crippen molar-refractivity contribution < 1.29 is 8.42 Å². The lowest BCUT2D eigenvalue weighted by Crippen LogP contribution is -2.48. The van der Waals surface area contributed by atoms with Crippen molar-refractivity contribution in [3.63, 3.8) is 0 Å². The summed E-state index contributed by atoms with van der Waals surface area (Å²) in [7, 11) is -3.52. The molecule has 1 atom stereocenters. The number of hydrogen-bond donors (Lipinski definition) is 1. The third-order valence-corrected chi connectivity index (χ3v) is 5.47. The summed E-state index contributed by atoms with van der Waals surface area (Å²) >= 11 is 0. The Kier molecular flexibility index (Phi) is 3.99. The number of sulfonamides is 1. The molecule has 1 unspecified atom stereocenters. The van der Waals surface area contributed by atoms with E-state index in [2.05, 4.69) is 21.5 Å². The molecule has 0 bridgehead atoms. The Bertz CT molecular complexity index is 655. The number of nitrogens with zero attached hydrogens (tertiary/aromatic N) is 2. The summed E-state index contributed by atoms with van der Waals surface area (Å²) in [5, 5.41) is 3.37. The van der Waals surface area contributed by atoms with E-state index in [1.165, 1.54) is 6.42 Å². The molecule has 6 heteroatoms. The summed E-state index contributed by atoms with van der Waals surface area (Å²) in [5.41, 5.74) is 0.751. The maximum atomic E-state index is 12.2.